The fourth-order valence-corrected chi connectivity index (χ4v) is 1.67. The molecule has 0 spiro atoms. The van der Waals surface area contributed by atoms with Crippen LogP contribution in [0.15, 0.2) is 157 Å². The first kappa shape index (κ1) is 48.0. The predicted molar refractivity (Wildman–Crippen MR) is 138 cm³/mol. The van der Waals surface area contributed by atoms with Crippen LogP contribution in [0.5, 0.6) is 0 Å². The van der Waals surface area contributed by atoms with E-state index in [1.54, 1.807) is 0 Å². The monoisotopic (exact) mass is 942 g/mol. The molecule has 36 heavy (non-hydrogen) atoms. The second kappa shape index (κ2) is 43.9. The molecular weight excluding hydrogens is 920 g/mol. The van der Waals surface area contributed by atoms with E-state index in [4.69, 9.17) is 0 Å². The zero-order valence-electron chi connectivity index (χ0n) is 19.3. The van der Waals surface area contributed by atoms with Crippen molar-refractivity contribution < 1.29 is 49.6 Å². The number of hydrogen-bond donors (Lipinski definition) is 0. The van der Waals surface area contributed by atoms with E-state index in [1.165, 1.54) is 0 Å². The standard InChI is InChI=1S/4C6H5.C6H4.2Bi.4ClH/c5*1-2-4-6-5-3-1;;;;;;/h4*1-5H;1-2,5-6H;;;4*1H/q;;;;;2*+2;;;;/p-4. The van der Waals surface area contributed by atoms with E-state index in [0.717, 1.165) is 0 Å². The topological polar surface area (TPSA) is 0 Å². The van der Waals surface area contributed by atoms with Gasteiger partial charge in [-0.15, -0.1) is 11.5 Å². The molecule has 0 aromatic heterocycles. The van der Waals surface area contributed by atoms with Crippen molar-refractivity contribution in [3.05, 3.63) is 181 Å². The maximum absolute atomic E-state index is 2.89. The molecule has 0 heterocycles. The van der Waals surface area contributed by atoms with Gasteiger partial charge in [-0.2, -0.15) is 0 Å². The summed E-state index contributed by atoms with van der Waals surface area (Å²) < 4.78 is 0. The smallest absolute Gasteiger partial charge is 1.00 e. The summed E-state index contributed by atoms with van der Waals surface area (Å²) in [5.74, 6) is 0. The van der Waals surface area contributed by atoms with Crippen LogP contribution >= 0.6 is 0 Å². The quantitative estimate of drug-likeness (QED) is 0.122. The number of rotatable bonds is 0. The first-order valence-corrected chi connectivity index (χ1v) is 9.46. The summed E-state index contributed by atoms with van der Waals surface area (Å²) in [6.07, 6.45) is 7.28. The molecule has 5 rings (SSSR count). The van der Waals surface area contributed by atoms with Gasteiger partial charge in [0.1, 0.15) is 0 Å². The van der Waals surface area contributed by atoms with Crippen molar-refractivity contribution in [1.82, 2.24) is 0 Å². The molecule has 4 aromatic rings. The van der Waals surface area contributed by atoms with Gasteiger partial charge < -0.3 is 49.6 Å². The summed E-state index contributed by atoms with van der Waals surface area (Å²) >= 11 is 0. The van der Waals surface area contributed by atoms with Crippen molar-refractivity contribution in [3.63, 3.8) is 0 Å². The average molecular weight is 944 g/mol. The summed E-state index contributed by atoms with van der Waals surface area (Å²) in [5, 5.41) is 0. The molecule has 6 heteroatoms. The normalized spacial score (nSPS) is 7.56. The molecule has 0 N–H and O–H groups in total. The van der Waals surface area contributed by atoms with E-state index >= 15 is 0 Å². The molecule has 4 aromatic carbocycles. The van der Waals surface area contributed by atoms with Crippen LogP contribution in [-0.2, 0) is 0 Å². The number of allylic oxidation sites excluding steroid dienone is 2. The van der Waals surface area contributed by atoms with Crippen LogP contribution < -0.4 is 49.6 Å². The van der Waals surface area contributed by atoms with Gasteiger partial charge in [0.15, 0.2) is 0 Å². The van der Waals surface area contributed by atoms with Crippen LogP contribution in [0.3, 0.4) is 0 Å². The van der Waals surface area contributed by atoms with Gasteiger partial charge in [-0.25, -0.2) is 0 Å². The fraction of sp³-hybridized carbons (Fsp3) is 0. The Morgan fingerprint density at radius 2 is 0.417 bits per heavy atom. The van der Waals surface area contributed by atoms with Crippen molar-refractivity contribution in [3.8, 4) is 0 Å². The maximum atomic E-state index is 2.89. The number of benzene rings is 4. The number of hydrogen-bond acceptors (Lipinski definition) is 0. The first-order chi connectivity index (χ1) is 15.0. The van der Waals surface area contributed by atoms with Crippen molar-refractivity contribution in [1.29, 1.82) is 0 Å². The van der Waals surface area contributed by atoms with Crippen molar-refractivity contribution in [2.24, 2.45) is 0 Å². The van der Waals surface area contributed by atoms with Crippen molar-refractivity contribution >= 4 is 52.4 Å². The van der Waals surface area contributed by atoms with Gasteiger partial charge in [-0.3, -0.25) is 0 Å². The SMILES string of the molecule is C1=CC=C=CC=1.[Bi+2].[Bi+2].[Cl-].[Cl-].[Cl-].[Cl-].[c]1ccccc1.[c]1ccccc1.[c]1ccccc1.[c]1ccccc1. The van der Waals surface area contributed by atoms with Gasteiger partial charge in [0.05, 0.1) is 0 Å². The van der Waals surface area contributed by atoms with E-state index < -0.39 is 0 Å². The molecule has 0 saturated heterocycles. The molecule has 0 atom stereocenters. The molecule has 182 valence electrons. The second-order valence-corrected chi connectivity index (χ2v) is 5.31. The number of halogens is 4. The summed E-state index contributed by atoms with van der Waals surface area (Å²) in [6.45, 7) is 0. The van der Waals surface area contributed by atoms with E-state index in [-0.39, 0.29) is 102 Å². The largest absolute Gasteiger partial charge is 2.00 e. The molecule has 1 aliphatic carbocycles. The van der Waals surface area contributed by atoms with Gasteiger partial charge >= 0.3 is 52.4 Å². The van der Waals surface area contributed by atoms with Crippen LogP contribution in [0, 0.1) is 24.3 Å². The zero-order chi connectivity index (χ0) is 21.2. The minimum absolute atomic E-state index is 0. The Bertz CT molecular complexity index is 692. The van der Waals surface area contributed by atoms with Gasteiger partial charge in [0, 0.05) is 0 Å². The summed E-state index contributed by atoms with van der Waals surface area (Å²) in [6, 6.07) is 50.0. The van der Waals surface area contributed by atoms with E-state index in [0.29, 0.717) is 0 Å². The summed E-state index contributed by atoms with van der Waals surface area (Å²) in [4.78, 5) is 0. The maximum Gasteiger partial charge on any atom is 2.00 e. The van der Waals surface area contributed by atoms with Gasteiger partial charge in [0.25, 0.3) is 0 Å². The summed E-state index contributed by atoms with van der Waals surface area (Å²) in [5.41, 5.74) is 5.72. The molecule has 0 saturated carbocycles. The third-order valence-electron chi connectivity index (χ3n) is 2.98. The molecule has 0 nitrogen and oxygen atoms in total. The van der Waals surface area contributed by atoms with E-state index in [1.807, 2.05) is 146 Å². The first-order valence-electron chi connectivity index (χ1n) is 9.46. The predicted octanol–water partition coefficient (Wildman–Crippen LogP) is -5.38. The van der Waals surface area contributed by atoms with E-state index in [2.05, 4.69) is 35.7 Å². The zero-order valence-corrected chi connectivity index (χ0v) is 29.2. The second-order valence-electron chi connectivity index (χ2n) is 5.31. The molecule has 0 aliphatic heterocycles. The third-order valence-corrected chi connectivity index (χ3v) is 2.98. The van der Waals surface area contributed by atoms with Crippen LogP contribution in [-0.4, -0.2) is 52.4 Å². The van der Waals surface area contributed by atoms with E-state index in [9.17, 15) is 0 Å². The van der Waals surface area contributed by atoms with Gasteiger partial charge in [0.2, 0.25) is 0 Å². The Labute approximate surface area is 280 Å². The van der Waals surface area contributed by atoms with Crippen LogP contribution in [0.2, 0.25) is 0 Å². The third kappa shape index (κ3) is 40.0. The Morgan fingerprint density at radius 1 is 0.250 bits per heavy atom. The Hall–Kier alpha value is -1.15. The average Bonchev–Trinajstić information content (AvgIpc) is 2.91. The molecule has 0 unspecified atom stereocenters. The fourth-order valence-electron chi connectivity index (χ4n) is 1.67. The van der Waals surface area contributed by atoms with Crippen molar-refractivity contribution in [2.45, 2.75) is 0 Å². The van der Waals surface area contributed by atoms with Gasteiger partial charge in [-0.1, -0.05) is 121 Å². The molecule has 10 radical (unpaired) electrons. The Morgan fingerprint density at radius 3 is 0.472 bits per heavy atom. The van der Waals surface area contributed by atoms with Crippen LogP contribution in [0.25, 0.3) is 0 Å². The molecule has 0 amide bonds. The van der Waals surface area contributed by atoms with Gasteiger partial charge in [-0.05, 0) is 48.6 Å². The Kier molecular flexibility index (Phi) is 58.5. The molecule has 0 fully saturated rings. The Balaban J connectivity index is -0.0000000750. The van der Waals surface area contributed by atoms with Crippen LogP contribution in [0.4, 0.5) is 0 Å². The summed E-state index contributed by atoms with van der Waals surface area (Å²) in [7, 11) is 0. The molecular formula is C30H24Bi2Cl4. The minimum Gasteiger partial charge on any atom is -1.00 e. The molecule has 0 bridgehead atoms. The minimum atomic E-state index is 0. The van der Waals surface area contributed by atoms with Crippen LogP contribution in [0.1, 0.15) is 0 Å². The molecule has 1 aliphatic rings. The van der Waals surface area contributed by atoms with Crippen molar-refractivity contribution in [2.75, 3.05) is 0 Å².